The van der Waals surface area contributed by atoms with Crippen molar-refractivity contribution in [1.82, 2.24) is 29.7 Å². The van der Waals surface area contributed by atoms with E-state index in [9.17, 15) is 4.79 Å². The number of carbonyl (C=O) groups excluding carboxylic acids is 1. The average molecular weight is 558 g/mol. The van der Waals surface area contributed by atoms with Crippen LogP contribution >= 0.6 is 0 Å². The van der Waals surface area contributed by atoms with E-state index in [1.54, 1.807) is 12.4 Å². The van der Waals surface area contributed by atoms with E-state index >= 15 is 0 Å². The molecule has 0 saturated carbocycles. The van der Waals surface area contributed by atoms with Crippen molar-refractivity contribution in [3.63, 3.8) is 0 Å². The molecule has 2 aromatic rings. The summed E-state index contributed by atoms with van der Waals surface area (Å²) in [6, 6.07) is 0. The molecule has 2 fully saturated rings. The molecule has 216 valence electrons. The topological polar surface area (TPSA) is 117 Å². The summed E-state index contributed by atoms with van der Waals surface area (Å²) < 4.78 is 5.58. The molecule has 0 aromatic carbocycles. The largest absolute Gasteiger partial charge is 0.378 e. The van der Waals surface area contributed by atoms with Crippen molar-refractivity contribution in [2.45, 2.75) is 32.6 Å². The van der Waals surface area contributed by atoms with Crippen LogP contribution in [0, 0.1) is 0 Å². The van der Waals surface area contributed by atoms with Gasteiger partial charge in [0, 0.05) is 81.5 Å². The van der Waals surface area contributed by atoms with Gasteiger partial charge in [-0.25, -0.2) is 15.0 Å². The Bertz CT molecular complexity index is 1340. The maximum absolute atomic E-state index is 13.0. The Kier molecular flexibility index (Phi) is 8.24. The van der Waals surface area contributed by atoms with Gasteiger partial charge in [-0.15, -0.1) is 0 Å². The second kappa shape index (κ2) is 12.4. The lowest BCUT2D eigenvalue weighted by molar-refractivity contribution is -0.132. The fourth-order valence-corrected chi connectivity index (χ4v) is 5.87. The molecule has 2 saturated heterocycles. The summed E-state index contributed by atoms with van der Waals surface area (Å²) in [5.74, 6) is 2.09. The molecule has 2 aromatic heterocycles. The lowest BCUT2D eigenvalue weighted by Crippen LogP contribution is -2.48. The third-order valence-corrected chi connectivity index (χ3v) is 8.29. The van der Waals surface area contributed by atoms with Crippen molar-refractivity contribution in [2.75, 3.05) is 81.1 Å². The number of aromatic nitrogens is 4. The first-order valence-corrected chi connectivity index (χ1v) is 14.8. The van der Waals surface area contributed by atoms with E-state index in [1.165, 1.54) is 0 Å². The minimum atomic E-state index is 0.241. The highest BCUT2D eigenvalue weighted by atomic mass is 16.5. The molecule has 6 rings (SSSR count). The normalized spacial score (nSPS) is 19.6. The molecular weight excluding hydrogens is 518 g/mol. The van der Waals surface area contributed by atoms with Crippen LogP contribution < -0.4 is 15.5 Å². The number of carbonyl (C=O) groups is 1. The van der Waals surface area contributed by atoms with Gasteiger partial charge in [0.1, 0.15) is 5.82 Å². The van der Waals surface area contributed by atoms with Crippen LogP contribution in [-0.4, -0.2) is 101 Å². The first-order chi connectivity index (χ1) is 20.1. The van der Waals surface area contributed by atoms with Gasteiger partial charge in [0.2, 0.25) is 17.8 Å². The third-order valence-electron chi connectivity index (χ3n) is 8.29. The van der Waals surface area contributed by atoms with E-state index in [1.807, 2.05) is 4.90 Å². The molecule has 4 aliphatic rings. The average Bonchev–Trinajstić information content (AvgIpc) is 3.31. The predicted octanol–water partition coefficient (Wildman–Crippen LogP) is 2.43. The maximum Gasteiger partial charge on any atom is 0.228 e. The first kappa shape index (κ1) is 27.3. The van der Waals surface area contributed by atoms with Gasteiger partial charge in [-0.3, -0.25) is 4.79 Å². The Morgan fingerprint density at radius 3 is 2.56 bits per heavy atom. The molecular formula is C30H39N9O2. The number of nitrogens with two attached hydrogens (primary N) is 1. The minimum absolute atomic E-state index is 0.241. The Labute approximate surface area is 241 Å². The fraction of sp³-hybridized carbons (Fsp3) is 0.500. The van der Waals surface area contributed by atoms with E-state index in [0.29, 0.717) is 25.6 Å². The van der Waals surface area contributed by atoms with Crippen LogP contribution in [0.4, 0.5) is 17.7 Å². The predicted molar refractivity (Wildman–Crippen MR) is 159 cm³/mol. The van der Waals surface area contributed by atoms with Crippen LogP contribution in [0.5, 0.6) is 0 Å². The zero-order chi connectivity index (χ0) is 28.2. The molecule has 41 heavy (non-hydrogen) atoms. The van der Waals surface area contributed by atoms with E-state index in [4.69, 9.17) is 20.4 Å². The van der Waals surface area contributed by atoms with E-state index < -0.39 is 0 Å². The van der Waals surface area contributed by atoms with Gasteiger partial charge in [-0.05, 0) is 37.5 Å². The molecule has 1 aliphatic carbocycles. The quantitative estimate of drug-likeness (QED) is 0.544. The van der Waals surface area contributed by atoms with E-state index in [0.717, 1.165) is 106 Å². The number of nitrogens with zero attached hydrogens (tertiary/aromatic N) is 8. The molecule has 0 atom stereocenters. The lowest BCUT2D eigenvalue weighted by atomic mass is 10.1. The minimum Gasteiger partial charge on any atom is -0.378 e. The Morgan fingerprint density at radius 1 is 1.02 bits per heavy atom. The fourth-order valence-electron chi connectivity index (χ4n) is 5.87. The number of ether oxygens (including phenoxy) is 1. The number of allylic oxidation sites excluding steroid dienone is 5. The van der Waals surface area contributed by atoms with Gasteiger partial charge < -0.3 is 30.1 Å². The molecule has 11 heteroatoms. The highest BCUT2D eigenvalue weighted by Crippen LogP contribution is 2.38. The smallest absolute Gasteiger partial charge is 0.228 e. The van der Waals surface area contributed by atoms with Crippen LogP contribution in [0.15, 0.2) is 48.0 Å². The van der Waals surface area contributed by atoms with Crippen LogP contribution in [0.3, 0.4) is 0 Å². The molecule has 0 radical (unpaired) electrons. The highest BCUT2D eigenvalue weighted by Gasteiger charge is 2.30. The van der Waals surface area contributed by atoms with E-state index in [2.05, 4.69) is 55.9 Å². The number of fused-ring (bicyclic) bond motifs is 1. The first-order valence-electron chi connectivity index (χ1n) is 14.8. The number of amides is 1. The lowest BCUT2D eigenvalue weighted by Gasteiger charge is -2.34. The summed E-state index contributed by atoms with van der Waals surface area (Å²) in [7, 11) is 0. The van der Waals surface area contributed by atoms with Gasteiger partial charge in [-0.2, -0.15) is 4.98 Å². The van der Waals surface area contributed by atoms with E-state index in [-0.39, 0.29) is 11.9 Å². The Balaban J connectivity index is 1.24. The van der Waals surface area contributed by atoms with Gasteiger partial charge in [0.15, 0.2) is 0 Å². The Morgan fingerprint density at radius 2 is 1.80 bits per heavy atom. The third kappa shape index (κ3) is 6.11. The number of morpholine rings is 1. The zero-order valence-corrected chi connectivity index (χ0v) is 23.8. The number of rotatable bonds is 7. The van der Waals surface area contributed by atoms with Crippen molar-refractivity contribution in [1.29, 1.82) is 0 Å². The summed E-state index contributed by atoms with van der Waals surface area (Å²) in [5.41, 5.74) is 10.8. The summed E-state index contributed by atoms with van der Waals surface area (Å²) >= 11 is 0. The molecule has 1 amide bonds. The molecule has 5 heterocycles. The molecule has 3 aliphatic heterocycles. The number of anilines is 3. The molecule has 0 bridgehead atoms. The molecule has 2 N–H and O–H groups in total. The number of hydrogen-bond donors (Lipinski definition) is 1. The molecule has 0 spiro atoms. The second-order valence-electron chi connectivity index (χ2n) is 10.8. The highest BCUT2D eigenvalue weighted by molar-refractivity contribution is 5.77. The summed E-state index contributed by atoms with van der Waals surface area (Å²) in [5, 5.41) is 0. The van der Waals surface area contributed by atoms with Crippen molar-refractivity contribution >= 4 is 23.6 Å². The van der Waals surface area contributed by atoms with Gasteiger partial charge in [-0.1, -0.05) is 25.2 Å². The number of likely N-dealkylation sites (N-methyl/N-ethyl adjacent to an activating group) is 1. The second-order valence-corrected chi connectivity index (χ2v) is 10.8. The van der Waals surface area contributed by atoms with Crippen LogP contribution in [-0.2, 0) is 16.0 Å². The van der Waals surface area contributed by atoms with Gasteiger partial charge >= 0.3 is 0 Å². The van der Waals surface area contributed by atoms with Crippen LogP contribution in [0.1, 0.15) is 31.7 Å². The molecule has 0 unspecified atom stereocenters. The summed E-state index contributed by atoms with van der Waals surface area (Å²) in [4.78, 5) is 40.4. The van der Waals surface area contributed by atoms with Gasteiger partial charge in [0.05, 0.1) is 18.9 Å². The van der Waals surface area contributed by atoms with Crippen LogP contribution in [0.2, 0.25) is 0 Å². The zero-order valence-electron chi connectivity index (χ0n) is 23.8. The van der Waals surface area contributed by atoms with Crippen molar-refractivity contribution < 1.29 is 9.53 Å². The molecule has 11 nitrogen and oxygen atoms in total. The number of nitrogen functional groups attached to an aromatic ring is 1. The van der Waals surface area contributed by atoms with Crippen molar-refractivity contribution in [3.8, 4) is 11.3 Å². The van der Waals surface area contributed by atoms with Gasteiger partial charge in [0.25, 0.3) is 0 Å². The monoisotopic (exact) mass is 557 g/mol. The SMILES string of the molecule is CCN1CCN(C(=O)CCC2=CC(N3CCc4c(-c5cnc(N)nc5)nc(N5CCOCC5)nc43)=CCC=C2)CC1. The number of piperazine rings is 1. The van der Waals surface area contributed by atoms with Crippen molar-refractivity contribution in [3.05, 3.63) is 53.5 Å². The Hall–Kier alpha value is -3.83. The summed E-state index contributed by atoms with van der Waals surface area (Å²) in [6.07, 6.45) is 15.2. The standard InChI is InChI=1S/C30H39N9O2/c1-2-36-11-13-37(14-12-36)26(40)8-7-22-5-3-4-6-24(19-22)39-10-9-25-27(23-20-32-29(31)33-21-23)34-30(35-28(25)39)38-15-17-41-18-16-38/h3,5-6,19-21H,2,4,7-18H2,1H3,(H2,31,32,33). The van der Waals surface area contributed by atoms with Crippen molar-refractivity contribution in [2.24, 2.45) is 0 Å². The summed E-state index contributed by atoms with van der Waals surface area (Å²) in [6.45, 7) is 10.4. The maximum atomic E-state index is 13.0. The van der Waals surface area contributed by atoms with Crippen LogP contribution in [0.25, 0.3) is 11.3 Å². The number of hydrogen-bond acceptors (Lipinski definition) is 10.